The Bertz CT molecular complexity index is 350. The molecule has 2 unspecified atom stereocenters. The second kappa shape index (κ2) is 4.45. The van der Waals surface area contributed by atoms with E-state index in [2.05, 4.69) is 4.98 Å². The van der Waals surface area contributed by atoms with Gasteiger partial charge in [0.1, 0.15) is 5.72 Å². The van der Waals surface area contributed by atoms with Crippen LogP contribution in [0.4, 0.5) is 0 Å². The molecular weight excluding hydrogens is 216 g/mol. The molecule has 0 aliphatic carbocycles. The van der Waals surface area contributed by atoms with Crippen LogP contribution in [-0.4, -0.2) is 20.9 Å². The highest BCUT2D eigenvalue weighted by atomic mass is 35.5. The smallest absolute Gasteiger partial charge is 0.117 e. The molecule has 0 aliphatic heterocycles. The molecule has 1 rings (SSSR count). The maximum Gasteiger partial charge on any atom is 0.117 e. The SMILES string of the molecule is CC(c1ccnc(CO)c1Cl)C(C)(N)O. The third kappa shape index (κ3) is 2.66. The number of aromatic nitrogens is 1. The first-order chi connectivity index (χ1) is 6.88. The van der Waals surface area contributed by atoms with Crippen LogP contribution in [0.3, 0.4) is 0 Å². The van der Waals surface area contributed by atoms with E-state index in [-0.39, 0.29) is 12.5 Å². The number of halogens is 1. The third-order valence-corrected chi connectivity index (χ3v) is 2.92. The first-order valence-electron chi connectivity index (χ1n) is 4.63. The maximum atomic E-state index is 9.66. The molecular formula is C10H15ClN2O2. The molecule has 4 nitrogen and oxygen atoms in total. The summed E-state index contributed by atoms with van der Waals surface area (Å²) < 4.78 is 0. The molecule has 5 heteroatoms. The number of hydrogen-bond acceptors (Lipinski definition) is 4. The number of nitrogens with zero attached hydrogens (tertiary/aromatic N) is 1. The second-order valence-corrected chi connectivity index (χ2v) is 4.14. The van der Waals surface area contributed by atoms with Crippen molar-refractivity contribution in [3.05, 3.63) is 28.5 Å². The van der Waals surface area contributed by atoms with Gasteiger partial charge in [0, 0.05) is 12.1 Å². The molecule has 1 heterocycles. The zero-order chi connectivity index (χ0) is 11.6. The van der Waals surface area contributed by atoms with Crippen LogP contribution < -0.4 is 5.73 Å². The summed E-state index contributed by atoms with van der Waals surface area (Å²) in [6.45, 7) is 3.04. The number of pyridine rings is 1. The van der Waals surface area contributed by atoms with Crippen LogP contribution in [0.25, 0.3) is 0 Å². The van der Waals surface area contributed by atoms with Crippen LogP contribution in [0.15, 0.2) is 12.3 Å². The topological polar surface area (TPSA) is 79.4 Å². The average molecular weight is 231 g/mol. The number of hydrogen-bond donors (Lipinski definition) is 3. The molecule has 2 atom stereocenters. The van der Waals surface area contributed by atoms with E-state index in [9.17, 15) is 5.11 Å². The van der Waals surface area contributed by atoms with Crippen LogP contribution >= 0.6 is 11.6 Å². The summed E-state index contributed by atoms with van der Waals surface area (Å²) in [4.78, 5) is 3.92. The second-order valence-electron chi connectivity index (χ2n) is 3.77. The van der Waals surface area contributed by atoms with Crippen molar-refractivity contribution < 1.29 is 10.2 Å². The van der Waals surface area contributed by atoms with Crippen molar-refractivity contribution in [2.45, 2.75) is 32.1 Å². The van der Waals surface area contributed by atoms with Gasteiger partial charge in [-0.25, -0.2) is 0 Å². The Labute approximate surface area is 93.7 Å². The van der Waals surface area contributed by atoms with E-state index >= 15 is 0 Å². The van der Waals surface area contributed by atoms with Gasteiger partial charge >= 0.3 is 0 Å². The van der Waals surface area contributed by atoms with E-state index in [1.165, 1.54) is 13.1 Å². The maximum absolute atomic E-state index is 9.66. The lowest BCUT2D eigenvalue weighted by Crippen LogP contribution is -2.41. The van der Waals surface area contributed by atoms with Gasteiger partial charge in [-0.1, -0.05) is 18.5 Å². The van der Waals surface area contributed by atoms with Gasteiger partial charge in [-0.15, -0.1) is 0 Å². The molecule has 0 spiro atoms. The molecule has 0 aliphatic rings. The number of aliphatic hydroxyl groups is 2. The summed E-state index contributed by atoms with van der Waals surface area (Å²) in [5, 5.41) is 19.0. The molecule has 0 aromatic carbocycles. The van der Waals surface area contributed by atoms with E-state index in [1.54, 1.807) is 13.0 Å². The van der Waals surface area contributed by atoms with Gasteiger partial charge in [0.25, 0.3) is 0 Å². The molecule has 0 saturated carbocycles. The summed E-state index contributed by atoms with van der Waals surface area (Å²) >= 11 is 6.02. The average Bonchev–Trinajstić information content (AvgIpc) is 2.16. The highest BCUT2D eigenvalue weighted by molar-refractivity contribution is 6.32. The van der Waals surface area contributed by atoms with Gasteiger partial charge in [-0.3, -0.25) is 4.98 Å². The summed E-state index contributed by atoms with van der Waals surface area (Å²) in [6, 6.07) is 1.69. The molecule has 1 aromatic rings. The van der Waals surface area contributed by atoms with E-state index in [1.807, 2.05) is 0 Å². The Morgan fingerprint density at radius 2 is 2.27 bits per heavy atom. The summed E-state index contributed by atoms with van der Waals surface area (Å²) in [7, 11) is 0. The Balaban J connectivity index is 3.15. The molecule has 84 valence electrons. The summed E-state index contributed by atoms with van der Waals surface area (Å²) in [5.41, 5.74) is 5.31. The monoisotopic (exact) mass is 230 g/mol. The molecule has 1 aromatic heterocycles. The fourth-order valence-corrected chi connectivity index (χ4v) is 1.60. The van der Waals surface area contributed by atoms with E-state index in [0.29, 0.717) is 16.3 Å². The number of aliphatic hydroxyl groups excluding tert-OH is 1. The van der Waals surface area contributed by atoms with Gasteiger partial charge < -0.3 is 15.9 Å². The van der Waals surface area contributed by atoms with Crippen LogP contribution in [0.5, 0.6) is 0 Å². The Morgan fingerprint density at radius 1 is 1.67 bits per heavy atom. The quantitative estimate of drug-likeness (QED) is 0.677. The Morgan fingerprint density at radius 3 is 2.73 bits per heavy atom. The summed E-state index contributed by atoms with van der Waals surface area (Å²) in [5.74, 6) is -0.335. The first-order valence-corrected chi connectivity index (χ1v) is 5.01. The van der Waals surface area contributed by atoms with Crippen molar-refractivity contribution in [2.24, 2.45) is 5.73 Å². The molecule has 0 radical (unpaired) electrons. The normalized spacial score (nSPS) is 17.2. The van der Waals surface area contributed by atoms with Crippen LogP contribution in [0, 0.1) is 0 Å². The largest absolute Gasteiger partial charge is 0.390 e. The molecule has 0 bridgehead atoms. The van der Waals surface area contributed by atoms with Crippen molar-refractivity contribution in [1.29, 1.82) is 0 Å². The predicted molar refractivity (Wildman–Crippen MR) is 58.4 cm³/mol. The number of nitrogens with two attached hydrogens (primary N) is 1. The first kappa shape index (κ1) is 12.4. The minimum absolute atomic E-state index is 0.230. The molecule has 0 amide bonds. The zero-order valence-electron chi connectivity index (χ0n) is 8.74. The van der Waals surface area contributed by atoms with Crippen molar-refractivity contribution in [3.8, 4) is 0 Å². The Kier molecular flexibility index (Phi) is 3.67. The van der Waals surface area contributed by atoms with E-state index in [4.69, 9.17) is 22.4 Å². The fourth-order valence-electron chi connectivity index (χ4n) is 1.26. The highest BCUT2D eigenvalue weighted by Crippen LogP contribution is 2.31. The lowest BCUT2D eigenvalue weighted by Gasteiger charge is -2.26. The van der Waals surface area contributed by atoms with Gasteiger partial charge in [0.2, 0.25) is 0 Å². The lowest BCUT2D eigenvalue weighted by atomic mass is 9.92. The van der Waals surface area contributed by atoms with Crippen molar-refractivity contribution in [2.75, 3.05) is 0 Å². The van der Waals surface area contributed by atoms with Crippen molar-refractivity contribution >= 4 is 11.6 Å². The minimum Gasteiger partial charge on any atom is -0.390 e. The fraction of sp³-hybridized carbons (Fsp3) is 0.500. The van der Waals surface area contributed by atoms with E-state index < -0.39 is 5.72 Å². The predicted octanol–water partition coefficient (Wildman–Crippen LogP) is 0.998. The molecule has 4 N–H and O–H groups in total. The van der Waals surface area contributed by atoms with E-state index in [0.717, 1.165) is 0 Å². The van der Waals surface area contributed by atoms with Gasteiger partial charge in [-0.05, 0) is 18.6 Å². The summed E-state index contributed by atoms with van der Waals surface area (Å²) in [6.07, 6.45) is 1.54. The van der Waals surface area contributed by atoms with Crippen molar-refractivity contribution in [3.63, 3.8) is 0 Å². The van der Waals surface area contributed by atoms with Gasteiger partial charge in [-0.2, -0.15) is 0 Å². The third-order valence-electron chi connectivity index (χ3n) is 2.48. The Hall–Kier alpha value is -0.680. The lowest BCUT2D eigenvalue weighted by molar-refractivity contribution is 0.0428. The van der Waals surface area contributed by atoms with Crippen LogP contribution in [0.2, 0.25) is 5.02 Å². The van der Waals surface area contributed by atoms with Gasteiger partial charge in [0.05, 0.1) is 17.3 Å². The molecule has 0 saturated heterocycles. The zero-order valence-corrected chi connectivity index (χ0v) is 9.49. The van der Waals surface area contributed by atoms with Crippen molar-refractivity contribution in [1.82, 2.24) is 4.98 Å². The molecule has 0 fully saturated rings. The molecule has 15 heavy (non-hydrogen) atoms. The van der Waals surface area contributed by atoms with Crippen LogP contribution in [-0.2, 0) is 6.61 Å². The van der Waals surface area contributed by atoms with Gasteiger partial charge in [0.15, 0.2) is 0 Å². The highest BCUT2D eigenvalue weighted by Gasteiger charge is 2.27. The minimum atomic E-state index is -1.35. The standard InChI is InChI=1S/C10H15ClN2O2/c1-6(10(2,12)15)7-3-4-13-8(5-14)9(7)11/h3-4,6,14-15H,5,12H2,1-2H3. The van der Waals surface area contributed by atoms with Crippen LogP contribution in [0.1, 0.15) is 31.0 Å². The number of rotatable bonds is 3.